The van der Waals surface area contributed by atoms with E-state index in [1.54, 1.807) is 0 Å². The van der Waals surface area contributed by atoms with Crippen LogP contribution in [-0.2, 0) is 14.3 Å². The van der Waals surface area contributed by atoms with E-state index in [4.69, 9.17) is 4.74 Å². The van der Waals surface area contributed by atoms with Gasteiger partial charge in [-0.25, -0.2) is 0 Å². The van der Waals surface area contributed by atoms with Crippen molar-refractivity contribution in [3.05, 3.63) is 24.3 Å². The van der Waals surface area contributed by atoms with Crippen molar-refractivity contribution in [3.63, 3.8) is 0 Å². The predicted octanol–water partition coefficient (Wildman–Crippen LogP) is 19.4. The maximum atomic E-state index is 12.4. The first kappa shape index (κ1) is 67.3. The highest BCUT2D eigenvalue weighted by Gasteiger charge is 2.20. The molecule has 69 heavy (non-hydrogen) atoms. The van der Waals surface area contributed by atoms with Crippen molar-refractivity contribution in [3.8, 4) is 0 Å². The number of ether oxygens (including phenoxy) is 1. The van der Waals surface area contributed by atoms with Gasteiger partial charge in [-0.3, -0.25) is 9.59 Å². The highest BCUT2D eigenvalue weighted by atomic mass is 16.5. The largest absolute Gasteiger partial charge is 0.466 e. The molecule has 2 unspecified atom stereocenters. The summed E-state index contributed by atoms with van der Waals surface area (Å²) in [5.74, 6) is -0.0229. The zero-order chi connectivity index (χ0) is 50.0. The summed E-state index contributed by atoms with van der Waals surface area (Å²) >= 11 is 0. The highest BCUT2D eigenvalue weighted by molar-refractivity contribution is 5.76. The van der Waals surface area contributed by atoms with E-state index in [1.807, 2.05) is 0 Å². The molecule has 0 aliphatic carbocycles. The Kier molecular flexibility index (Phi) is 57.5. The van der Waals surface area contributed by atoms with Crippen LogP contribution >= 0.6 is 0 Å². The molecular weight excluding hydrogens is 851 g/mol. The minimum atomic E-state index is -0.662. The minimum absolute atomic E-state index is 0.0137. The third kappa shape index (κ3) is 55.5. The molecule has 3 N–H and O–H groups in total. The molecule has 0 aromatic rings. The number of nitrogens with one attached hydrogen (secondary N) is 1. The van der Waals surface area contributed by atoms with Gasteiger partial charge in [0.25, 0.3) is 0 Å². The van der Waals surface area contributed by atoms with E-state index < -0.39 is 12.1 Å². The first-order chi connectivity index (χ1) is 34.0. The molecule has 6 nitrogen and oxygen atoms in total. The number of allylic oxidation sites excluding steroid dienone is 4. The number of aliphatic hydroxyl groups is 2. The summed E-state index contributed by atoms with van der Waals surface area (Å²) in [6.07, 6.45) is 72.0. The van der Waals surface area contributed by atoms with Crippen LogP contribution in [0.25, 0.3) is 0 Å². The molecule has 0 radical (unpaired) electrons. The maximum Gasteiger partial charge on any atom is 0.305 e. The van der Waals surface area contributed by atoms with Crippen molar-refractivity contribution in [2.45, 2.75) is 353 Å². The number of carbonyl (C=O) groups is 2. The van der Waals surface area contributed by atoms with Crippen LogP contribution in [0.1, 0.15) is 341 Å². The molecule has 0 heterocycles. The van der Waals surface area contributed by atoms with Crippen molar-refractivity contribution in [1.82, 2.24) is 5.32 Å². The summed E-state index contributed by atoms with van der Waals surface area (Å²) < 4.78 is 5.48. The predicted molar refractivity (Wildman–Crippen MR) is 301 cm³/mol. The molecule has 0 rings (SSSR count). The number of hydrogen-bond acceptors (Lipinski definition) is 5. The van der Waals surface area contributed by atoms with Gasteiger partial charge in [-0.15, -0.1) is 0 Å². The lowest BCUT2D eigenvalue weighted by Crippen LogP contribution is -2.45. The Bertz CT molecular complexity index is 1080. The lowest BCUT2D eigenvalue weighted by molar-refractivity contribution is -0.143. The Balaban J connectivity index is 3.38. The molecule has 6 heteroatoms. The minimum Gasteiger partial charge on any atom is -0.466 e. The Labute approximate surface area is 431 Å². The van der Waals surface area contributed by atoms with Crippen LogP contribution in [0.2, 0.25) is 0 Å². The van der Waals surface area contributed by atoms with Gasteiger partial charge in [0.15, 0.2) is 0 Å². The molecule has 0 spiro atoms. The molecule has 408 valence electrons. The van der Waals surface area contributed by atoms with E-state index >= 15 is 0 Å². The van der Waals surface area contributed by atoms with Crippen LogP contribution in [0.4, 0.5) is 0 Å². The van der Waals surface area contributed by atoms with Crippen molar-refractivity contribution in [1.29, 1.82) is 0 Å². The first-order valence-electron chi connectivity index (χ1n) is 31.1. The summed E-state index contributed by atoms with van der Waals surface area (Å²) in [7, 11) is 0. The van der Waals surface area contributed by atoms with E-state index in [9.17, 15) is 19.8 Å². The zero-order valence-electron chi connectivity index (χ0n) is 46.6. The molecular formula is C63H121NO5. The molecule has 0 aliphatic heterocycles. The lowest BCUT2D eigenvalue weighted by atomic mass is 10.0. The van der Waals surface area contributed by atoms with Gasteiger partial charge in [0.2, 0.25) is 5.91 Å². The lowest BCUT2D eigenvalue weighted by Gasteiger charge is -2.22. The number of rotatable bonds is 58. The molecule has 1 amide bonds. The van der Waals surface area contributed by atoms with Crippen molar-refractivity contribution in [2.24, 2.45) is 0 Å². The fourth-order valence-corrected chi connectivity index (χ4v) is 9.73. The third-order valence-corrected chi connectivity index (χ3v) is 14.5. The van der Waals surface area contributed by atoms with Gasteiger partial charge in [-0.2, -0.15) is 0 Å². The molecule has 0 bridgehead atoms. The number of esters is 1. The average Bonchev–Trinajstić information content (AvgIpc) is 3.35. The zero-order valence-corrected chi connectivity index (χ0v) is 46.6. The van der Waals surface area contributed by atoms with E-state index in [-0.39, 0.29) is 18.5 Å². The standard InChI is InChI=1S/C63H121NO5/c1-3-5-7-9-11-13-15-33-37-41-45-49-53-57-63(68)69-58-54-50-46-42-38-35-32-30-28-26-24-22-20-18-16-17-19-21-23-25-27-29-31-34-36-40-44-48-52-56-62(67)64-60(59-65)61(66)55-51-47-43-39-14-12-10-8-6-4-2/h16,18,22,24,60-61,65-66H,3-15,17,19-21,23,25-59H2,1-2H3,(H,64,67)/b18-16-,24-22-. The van der Waals surface area contributed by atoms with Gasteiger partial charge in [-0.1, -0.05) is 295 Å². The Hall–Kier alpha value is -1.66. The van der Waals surface area contributed by atoms with E-state index in [0.717, 1.165) is 44.9 Å². The normalized spacial score (nSPS) is 12.7. The van der Waals surface area contributed by atoms with Crippen LogP contribution in [0.15, 0.2) is 24.3 Å². The van der Waals surface area contributed by atoms with Crippen molar-refractivity contribution < 1.29 is 24.5 Å². The second-order valence-electron chi connectivity index (χ2n) is 21.4. The van der Waals surface area contributed by atoms with Crippen LogP contribution < -0.4 is 5.32 Å². The Morgan fingerprint density at radius 2 is 0.725 bits per heavy atom. The van der Waals surface area contributed by atoms with Crippen LogP contribution in [0.5, 0.6) is 0 Å². The fraction of sp³-hybridized carbons (Fsp3) is 0.905. The molecule has 0 aromatic heterocycles. The SMILES string of the molecule is CCCCCCCCCCCCCCCC(=O)OCCCCCCCCCCC/C=C\C/C=C\CCCCCCCCCCCCCCCC(=O)NC(CO)C(O)CCCCCCCCCCCC. The number of hydrogen-bond donors (Lipinski definition) is 3. The summed E-state index contributed by atoms with van der Waals surface area (Å²) in [5, 5.41) is 23.2. The fourth-order valence-electron chi connectivity index (χ4n) is 9.73. The molecule has 2 atom stereocenters. The summed E-state index contributed by atoms with van der Waals surface area (Å²) in [6, 6.07) is -0.540. The summed E-state index contributed by atoms with van der Waals surface area (Å²) in [4.78, 5) is 24.5. The van der Waals surface area contributed by atoms with Gasteiger partial charge < -0.3 is 20.3 Å². The molecule has 0 saturated heterocycles. The topological polar surface area (TPSA) is 95.9 Å². The van der Waals surface area contributed by atoms with Crippen molar-refractivity contribution in [2.75, 3.05) is 13.2 Å². The quantitative estimate of drug-likeness (QED) is 0.0321. The second-order valence-corrected chi connectivity index (χ2v) is 21.4. The number of carbonyl (C=O) groups excluding carboxylic acids is 2. The number of aliphatic hydroxyl groups excluding tert-OH is 2. The monoisotopic (exact) mass is 972 g/mol. The molecule has 0 aromatic carbocycles. The van der Waals surface area contributed by atoms with Gasteiger partial charge in [0.1, 0.15) is 0 Å². The average molecular weight is 973 g/mol. The van der Waals surface area contributed by atoms with Gasteiger partial charge in [0.05, 0.1) is 25.4 Å². The van der Waals surface area contributed by atoms with Crippen molar-refractivity contribution >= 4 is 11.9 Å². The van der Waals surface area contributed by atoms with Gasteiger partial charge >= 0.3 is 5.97 Å². The number of unbranched alkanes of at least 4 members (excludes halogenated alkanes) is 43. The Morgan fingerprint density at radius 3 is 1.10 bits per heavy atom. The van der Waals surface area contributed by atoms with E-state index in [1.165, 1.54) is 263 Å². The number of amides is 1. The Morgan fingerprint density at radius 1 is 0.406 bits per heavy atom. The van der Waals surface area contributed by atoms with Crippen LogP contribution in [0.3, 0.4) is 0 Å². The van der Waals surface area contributed by atoms with Gasteiger partial charge in [-0.05, 0) is 57.8 Å². The highest BCUT2D eigenvalue weighted by Crippen LogP contribution is 2.17. The van der Waals surface area contributed by atoms with Gasteiger partial charge in [0, 0.05) is 12.8 Å². The third-order valence-electron chi connectivity index (χ3n) is 14.5. The van der Waals surface area contributed by atoms with E-state index in [2.05, 4.69) is 43.5 Å². The van der Waals surface area contributed by atoms with Crippen LogP contribution in [0, 0.1) is 0 Å². The first-order valence-corrected chi connectivity index (χ1v) is 31.1. The van der Waals surface area contributed by atoms with E-state index in [0.29, 0.717) is 25.9 Å². The molecule has 0 saturated carbocycles. The smallest absolute Gasteiger partial charge is 0.305 e. The second kappa shape index (κ2) is 58.9. The maximum absolute atomic E-state index is 12.4. The molecule has 0 aliphatic rings. The summed E-state index contributed by atoms with van der Waals surface area (Å²) in [5.41, 5.74) is 0. The summed E-state index contributed by atoms with van der Waals surface area (Å²) in [6.45, 7) is 4.95. The van der Waals surface area contributed by atoms with Crippen LogP contribution in [-0.4, -0.2) is 47.4 Å². The molecule has 0 fully saturated rings.